The van der Waals surface area contributed by atoms with E-state index in [1.54, 1.807) is 23.9 Å². The minimum atomic E-state index is -0.116. The van der Waals surface area contributed by atoms with Crippen LogP contribution in [0.25, 0.3) is 32.0 Å². The summed E-state index contributed by atoms with van der Waals surface area (Å²) in [6.45, 7) is 6.22. The van der Waals surface area contributed by atoms with Crippen LogP contribution < -0.4 is 11.1 Å². The van der Waals surface area contributed by atoms with Crippen LogP contribution in [-0.4, -0.2) is 31.5 Å². The lowest BCUT2D eigenvalue weighted by molar-refractivity contribution is -0.122. The molecule has 4 rings (SSSR count). The summed E-state index contributed by atoms with van der Waals surface area (Å²) in [4.78, 5) is 27.0. The first kappa shape index (κ1) is 21.4. The maximum Gasteiger partial charge on any atom is 0.222 e. The Labute approximate surface area is 185 Å². The first-order valence-electron chi connectivity index (χ1n) is 10.5. The van der Waals surface area contributed by atoms with Crippen molar-refractivity contribution in [2.75, 3.05) is 0 Å². The van der Waals surface area contributed by atoms with E-state index in [9.17, 15) is 4.79 Å². The molecule has 3 heterocycles. The largest absolute Gasteiger partial charge is 0.350 e. The number of benzene rings is 1. The van der Waals surface area contributed by atoms with Gasteiger partial charge in [-0.15, -0.1) is 0 Å². The summed E-state index contributed by atoms with van der Waals surface area (Å²) in [6, 6.07) is 7.91. The van der Waals surface area contributed by atoms with Gasteiger partial charge in [0.15, 0.2) is 0 Å². The molecule has 8 heteroatoms. The molecule has 2 atom stereocenters. The Bertz CT molecular complexity index is 1230. The van der Waals surface area contributed by atoms with E-state index in [-0.39, 0.29) is 18.0 Å². The average Bonchev–Trinajstić information content (AvgIpc) is 3.30. The molecule has 4 aromatic rings. The van der Waals surface area contributed by atoms with E-state index in [0.29, 0.717) is 12.3 Å². The van der Waals surface area contributed by atoms with Crippen LogP contribution in [0.1, 0.15) is 45.2 Å². The van der Waals surface area contributed by atoms with Gasteiger partial charge >= 0.3 is 0 Å². The van der Waals surface area contributed by atoms with Crippen LogP contribution in [0.4, 0.5) is 0 Å². The Morgan fingerprint density at radius 1 is 1.26 bits per heavy atom. The number of hydrogen-bond acceptors (Lipinski definition) is 6. The van der Waals surface area contributed by atoms with Crippen molar-refractivity contribution < 1.29 is 4.79 Å². The Morgan fingerprint density at radius 3 is 2.84 bits per heavy atom. The van der Waals surface area contributed by atoms with Crippen molar-refractivity contribution in [1.29, 1.82) is 0 Å². The van der Waals surface area contributed by atoms with E-state index in [0.717, 1.165) is 43.9 Å². The third-order valence-electron chi connectivity index (χ3n) is 5.34. The van der Waals surface area contributed by atoms with E-state index >= 15 is 0 Å². The lowest BCUT2D eigenvalue weighted by Gasteiger charge is -2.18. The summed E-state index contributed by atoms with van der Waals surface area (Å²) in [5.74, 6) is 0.460. The Morgan fingerprint density at radius 2 is 2.06 bits per heavy atom. The first-order chi connectivity index (χ1) is 14.8. The number of rotatable bonds is 7. The molecule has 0 saturated heterocycles. The van der Waals surface area contributed by atoms with Crippen molar-refractivity contribution >= 4 is 38.6 Å². The number of nitrogens with one attached hydrogen (secondary N) is 1. The first-order valence-corrected chi connectivity index (χ1v) is 11.3. The molecular formula is C23H28N6OS. The van der Waals surface area contributed by atoms with Gasteiger partial charge in [0.2, 0.25) is 5.91 Å². The number of pyridine rings is 1. The van der Waals surface area contributed by atoms with Gasteiger partial charge in [-0.2, -0.15) is 0 Å². The number of hydrogen-bond donors (Lipinski definition) is 2. The third kappa shape index (κ3) is 4.60. The maximum absolute atomic E-state index is 12.4. The summed E-state index contributed by atoms with van der Waals surface area (Å²) in [5, 5.41) is 3.97. The van der Waals surface area contributed by atoms with Crippen LogP contribution in [0.3, 0.4) is 0 Å². The number of aromatic nitrogens is 4. The van der Waals surface area contributed by atoms with Gasteiger partial charge in [0, 0.05) is 25.1 Å². The number of imidazole rings is 1. The second-order valence-corrected chi connectivity index (χ2v) is 9.51. The summed E-state index contributed by atoms with van der Waals surface area (Å²) in [7, 11) is 1.96. The third-order valence-corrected chi connectivity index (χ3v) is 6.35. The molecule has 162 valence electrons. The molecule has 0 spiro atoms. The van der Waals surface area contributed by atoms with Crippen molar-refractivity contribution in [3.05, 3.63) is 42.4 Å². The van der Waals surface area contributed by atoms with Crippen molar-refractivity contribution in [1.82, 2.24) is 24.8 Å². The van der Waals surface area contributed by atoms with Crippen LogP contribution in [0.15, 0.2) is 36.8 Å². The highest BCUT2D eigenvalue weighted by atomic mass is 32.1. The summed E-state index contributed by atoms with van der Waals surface area (Å²) >= 11 is 1.56. The predicted molar refractivity (Wildman–Crippen MR) is 126 cm³/mol. The number of amides is 1. The molecule has 0 aliphatic carbocycles. The number of nitrogens with zero attached hydrogens (tertiary/aromatic N) is 4. The van der Waals surface area contributed by atoms with E-state index < -0.39 is 0 Å². The van der Waals surface area contributed by atoms with Crippen LogP contribution in [0.5, 0.6) is 0 Å². The lowest BCUT2D eigenvalue weighted by Crippen LogP contribution is -2.33. The summed E-state index contributed by atoms with van der Waals surface area (Å²) in [5.41, 5.74) is 10.8. The fraction of sp³-hybridized carbons (Fsp3) is 0.391. The van der Waals surface area contributed by atoms with Gasteiger partial charge in [-0.3, -0.25) is 4.79 Å². The minimum absolute atomic E-state index is 0.0196. The smallest absolute Gasteiger partial charge is 0.222 e. The number of carbonyl (C=O) groups is 1. The molecule has 31 heavy (non-hydrogen) atoms. The number of nitrogens with two attached hydrogens (primary N) is 1. The quantitative estimate of drug-likeness (QED) is 0.453. The van der Waals surface area contributed by atoms with Gasteiger partial charge < -0.3 is 15.6 Å². The Hall–Kier alpha value is -2.84. The normalized spacial score (nSPS) is 13.7. The van der Waals surface area contributed by atoms with Crippen LogP contribution in [-0.2, 0) is 11.8 Å². The van der Waals surface area contributed by atoms with Crippen molar-refractivity contribution in [2.24, 2.45) is 18.7 Å². The summed E-state index contributed by atoms with van der Waals surface area (Å²) in [6.07, 6.45) is 4.75. The highest BCUT2D eigenvalue weighted by Gasteiger charge is 2.17. The van der Waals surface area contributed by atoms with Gasteiger partial charge in [0.1, 0.15) is 20.9 Å². The van der Waals surface area contributed by atoms with Gasteiger partial charge in [-0.25, -0.2) is 15.0 Å². The fourth-order valence-corrected chi connectivity index (χ4v) is 4.79. The number of aryl methyl sites for hydroxylation is 1. The van der Waals surface area contributed by atoms with E-state index in [1.165, 1.54) is 0 Å². The number of carbonyl (C=O) groups excluding carboxylic acids is 1. The monoisotopic (exact) mass is 436 g/mol. The highest BCUT2D eigenvalue weighted by Crippen LogP contribution is 2.33. The van der Waals surface area contributed by atoms with Crippen LogP contribution in [0, 0.1) is 5.92 Å². The molecular weight excluding hydrogens is 408 g/mol. The topological polar surface area (TPSA) is 98.7 Å². The molecule has 1 aromatic carbocycles. The summed E-state index contributed by atoms with van der Waals surface area (Å²) < 4.78 is 1.97. The average molecular weight is 437 g/mol. The zero-order valence-corrected chi connectivity index (χ0v) is 19.1. The number of fused-ring (bicyclic) bond motifs is 3. The molecule has 0 fully saturated rings. The van der Waals surface area contributed by atoms with E-state index in [1.807, 2.05) is 36.7 Å². The fourth-order valence-electron chi connectivity index (χ4n) is 3.88. The lowest BCUT2D eigenvalue weighted by atomic mass is 10.0. The molecule has 3 aromatic heterocycles. The molecule has 7 nitrogen and oxygen atoms in total. The molecule has 0 radical (unpaired) electrons. The molecule has 1 amide bonds. The molecule has 3 N–H and O–H groups in total. The minimum Gasteiger partial charge on any atom is -0.350 e. The van der Waals surface area contributed by atoms with Crippen molar-refractivity contribution in [2.45, 2.75) is 45.7 Å². The SMILES string of the molecule is CC(C)C[C@H](N)CC(=O)N[C@@H](C)c1cccc(-c2nc3c(ncc4ncn(C)c43)s2)c1. The standard InChI is InChI=1S/C23H28N6OS/c1-13(2)8-17(24)10-19(30)27-14(3)15-6-5-7-16(9-15)22-28-20-21-18(26-12-29(21)4)11-25-23(20)31-22/h5-7,9,11-14,17H,8,10,24H2,1-4H3,(H,27,30)/t14-,17-/m0/s1. The Kier molecular flexibility index (Phi) is 6.02. The number of thiazole rings is 1. The molecule has 0 unspecified atom stereocenters. The second kappa shape index (κ2) is 8.72. The van der Waals surface area contributed by atoms with Crippen molar-refractivity contribution in [3.63, 3.8) is 0 Å². The Balaban J connectivity index is 1.55. The zero-order chi connectivity index (χ0) is 22.1. The maximum atomic E-state index is 12.4. The molecule has 0 bridgehead atoms. The van der Waals surface area contributed by atoms with E-state index in [4.69, 9.17) is 10.7 Å². The van der Waals surface area contributed by atoms with Crippen LogP contribution >= 0.6 is 11.3 Å². The van der Waals surface area contributed by atoms with E-state index in [2.05, 4.69) is 35.2 Å². The van der Waals surface area contributed by atoms with Gasteiger partial charge in [-0.1, -0.05) is 43.4 Å². The van der Waals surface area contributed by atoms with Gasteiger partial charge in [-0.05, 0) is 30.9 Å². The zero-order valence-electron chi connectivity index (χ0n) is 18.3. The second-order valence-electron chi connectivity index (χ2n) is 8.53. The van der Waals surface area contributed by atoms with Gasteiger partial charge in [0.05, 0.1) is 24.1 Å². The predicted octanol–water partition coefficient (Wildman–Crippen LogP) is 4.19. The molecule has 0 aliphatic rings. The van der Waals surface area contributed by atoms with Crippen LogP contribution in [0.2, 0.25) is 0 Å². The highest BCUT2D eigenvalue weighted by molar-refractivity contribution is 7.21. The van der Waals surface area contributed by atoms with Crippen molar-refractivity contribution in [3.8, 4) is 10.6 Å². The molecule has 0 aliphatic heterocycles. The molecule has 0 saturated carbocycles. The van der Waals surface area contributed by atoms with Gasteiger partial charge in [0.25, 0.3) is 0 Å².